The molecule has 0 unspecified atom stereocenters. The molecule has 0 amide bonds. The van der Waals surface area contributed by atoms with Crippen molar-refractivity contribution in [2.75, 3.05) is 24.7 Å². The van der Waals surface area contributed by atoms with Gasteiger partial charge in [-0.3, -0.25) is 0 Å². The van der Waals surface area contributed by atoms with Gasteiger partial charge in [-0.25, -0.2) is 9.59 Å². The van der Waals surface area contributed by atoms with Gasteiger partial charge >= 0.3 is 11.9 Å². The van der Waals surface area contributed by atoms with E-state index in [4.69, 9.17) is 31.2 Å². The lowest BCUT2D eigenvalue weighted by atomic mass is 10.0. The highest BCUT2D eigenvalue weighted by Crippen LogP contribution is 2.33. The summed E-state index contributed by atoms with van der Waals surface area (Å²) in [5.74, 6) is -1.76. The molecule has 0 aromatic heterocycles. The number of rotatable bonds is 7. The smallest absolute Gasteiger partial charge is 0.341 e. The van der Waals surface area contributed by atoms with Crippen LogP contribution in [0.1, 0.15) is 0 Å². The van der Waals surface area contributed by atoms with Crippen LogP contribution in [0, 0.1) is 0 Å². The minimum Gasteiger partial charge on any atom is -0.480 e. The van der Waals surface area contributed by atoms with Crippen molar-refractivity contribution in [2.24, 2.45) is 0 Å². The second kappa shape index (κ2) is 7.23. The van der Waals surface area contributed by atoms with Gasteiger partial charge in [-0.2, -0.15) is 0 Å². The summed E-state index contributed by atoms with van der Waals surface area (Å²) >= 11 is 0. The maximum Gasteiger partial charge on any atom is 0.341 e. The first-order chi connectivity index (χ1) is 11.4. The zero-order valence-corrected chi connectivity index (χ0v) is 12.6. The minimum absolute atomic E-state index is 0.236. The van der Waals surface area contributed by atoms with Crippen LogP contribution < -0.4 is 20.9 Å². The van der Waals surface area contributed by atoms with Crippen LogP contribution in [0.25, 0.3) is 11.1 Å². The average Bonchev–Trinajstić information content (AvgIpc) is 2.53. The summed E-state index contributed by atoms with van der Waals surface area (Å²) in [7, 11) is 0. The summed E-state index contributed by atoms with van der Waals surface area (Å²) in [4.78, 5) is 21.2. The van der Waals surface area contributed by atoms with Crippen molar-refractivity contribution in [3.63, 3.8) is 0 Å². The number of nitrogen functional groups attached to an aromatic ring is 2. The lowest BCUT2D eigenvalue weighted by molar-refractivity contribution is -0.140. The van der Waals surface area contributed by atoms with E-state index >= 15 is 0 Å². The summed E-state index contributed by atoms with van der Waals surface area (Å²) in [5, 5.41) is 17.4. The summed E-state index contributed by atoms with van der Waals surface area (Å²) < 4.78 is 10.3. The topological polar surface area (TPSA) is 145 Å². The molecule has 24 heavy (non-hydrogen) atoms. The lowest BCUT2D eigenvalue weighted by Crippen LogP contribution is -2.11. The van der Waals surface area contributed by atoms with Gasteiger partial charge in [-0.05, 0) is 35.4 Å². The van der Waals surface area contributed by atoms with Crippen LogP contribution in [0.2, 0.25) is 0 Å². The summed E-state index contributed by atoms with van der Waals surface area (Å²) in [6.45, 7) is -1.02. The molecule has 8 heteroatoms. The van der Waals surface area contributed by atoms with Gasteiger partial charge in [0.25, 0.3) is 0 Å². The van der Waals surface area contributed by atoms with Gasteiger partial charge in [0.2, 0.25) is 0 Å². The number of carboxylic acids is 2. The van der Waals surface area contributed by atoms with E-state index < -0.39 is 25.2 Å². The number of benzene rings is 2. The third-order valence-electron chi connectivity index (χ3n) is 3.06. The molecule has 0 atom stereocenters. The first-order valence-electron chi connectivity index (χ1n) is 6.85. The predicted octanol–water partition coefficient (Wildman–Crippen LogP) is 1.44. The largest absolute Gasteiger partial charge is 0.480 e. The molecule has 0 spiro atoms. The Bertz CT molecular complexity index is 710. The number of ether oxygens (including phenoxy) is 2. The minimum atomic E-state index is -1.11. The van der Waals surface area contributed by atoms with Crippen LogP contribution in [0.15, 0.2) is 36.4 Å². The Morgan fingerprint density at radius 1 is 0.792 bits per heavy atom. The van der Waals surface area contributed by atoms with Crippen LogP contribution in [0.3, 0.4) is 0 Å². The quantitative estimate of drug-likeness (QED) is 0.557. The van der Waals surface area contributed by atoms with Crippen molar-refractivity contribution < 1.29 is 29.3 Å². The summed E-state index contributed by atoms with van der Waals surface area (Å²) in [6, 6.07) is 9.78. The molecule has 0 aliphatic carbocycles. The Morgan fingerprint density at radius 2 is 1.17 bits per heavy atom. The predicted molar refractivity (Wildman–Crippen MR) is 87.0 cm³/mol. The first-order valence-corrected chi connectivity index (χ1v) is 6.85. The van der Waals surface area contributed by atoms with Gasteiger partial charge in [-0.15, -0.1) is 0 Å². The van der Waals surface area contributed by atoms with E-state index in [1.165, 1.54) is 0 Å². The van der Waals surface area contributed by atoms with Gasteiger partial charge in [0.1, 0.15) is 11.5 Å². The second-order valence-corrected chi connectivity index (χ2v) is 4.87. The average molecular weight is 332 g/mol. The fourth-order valence-electron chi connectivity index (χ4n) is 1.96. The molecule has 6 N–H and O–H groups in total. The molecule has 0 aliphatic rings. The van der Waals surface area contributed by atoms with Crippen molar-refractivity contribution in [3.05, 3.63) is 36.4 Å². The molecule has 126 valence electrons. The number of carboxylic acid groups (broad SMARTS) is 2. The fourth-order valence-corrected chi connectivity index (χ4v) is 1.96. The molecule has 8 nitrogen and oxygen atoms in total. The molecule has 0 radical (unpaired) electrons. The number of hydrogen-bond acceptors (Lipinski definition) is 6. The van der Waals surface area contributed by atoms with E-state index in [1.54, 1.807) is 36.4 Å². The molecular weight excluding hydrogens is 316 g/mol. The zero-order chi connectivity index (χ0) is 17.7. The Hall–Kier alpha value is -3.42. The van der Waals surface area contributed by atoms with Crippen LogP contribution in [-0.2, 0) is 9.59 Å². The van der Waals surface area contributed by atoms with Crippen molar-refractivity contribution in [3.8, 4) is 22.6 Å². The summed E-state index contributed by atoms with van der Waals surface area (Å²) in [6.07, 6.45) is 0. The lowest BCUT2D eigenvalue weighted by Gasteiger charge is -2.12. The summed E-state index contributed by atoms with van der Waals surface area (Å²) in [5.41, 5.74) is 13.5. The van der Waals surface area contributed by atoms with Crippen LogP contribution in [-0.4, -0.2) is 35.4 Å². The molecule has 2 aromatic carbocycles. The van der Waals surface area contributed by atoms with Crippen LogP contribution >= 0.6 is 0 Å². The Balaban J connectivity index is 2.30. The third-order valence-corrected chi connectivity index (χ3v) is 3.06. The number of hydrogen-bond donors (Lipinski definition) is 4. The highest BCUT2D eigenvalue weighted by atomic mass is 16.5. The first kappa shape index (κ1) is 16.9. The molecule has 0 aliphatic heterocycles. The molecule has 0 heterocycles. The monoisotopic (exact) mass is 332 g/mol. The van der Waals surface area contributed by atoms with Crippen molar-refractivity contribution >= 4 is 23.3 Å². The van der Waals surface area contributed by atoms with Gasteiger partial charge in [0, 0.05) is 0 Å². The van der Waals surface area contributed by atoms with E-state index in [2.05, 4.69) is 0 Å². The number of carbonyl (C=O) groups is 2. The van der Waals surface area contributed by atoms with Gasteiger partial charge < -0.3 is 31.2 Å². The molecule has 0 saturated heterocycles. The molecule has 0 fully saturated rings. The molecule has 2 rings (SSSR count). The van der Waals surface area contributed by atoms with Crippen molar-refractivity contribution in [2.45, 2.75) is 0 Å². The van der Waals surface area contributed by atoms with E-state index in [0.29, 0.717) is 22.5 Å². The van der Waals surface area contributed by atoms with Crippen molar-refractivity contribution in [1.82, 2.24) is 0 Å². The van der Waals surface area contributed by atoms with E-state index in [9.17, 15) is 9.59 Å². The highest BCUT2D eigenvalue weighted by molar-refractivity contribution is 5.75. The Kier molecular flexibility index (Phi) is 5.10. The van der Waals surface area contributed by atoms with Gasteiger partial charge in [0.15, 0.2) is 13.2 Å². The van der Waals surface area contributed by atoms with E-state index in [1.807, 2.05) is 0 Å². The molecular formula is C16H16N2O6. The van der Waals surface area contributed by atoms with Crippen LogP contribution in [0.4, 0.5) is 11.4 Å². The van der Waals surface area contributed by atoms with Gasteiger partial charge in [-0.1, -0.05) is 12.1 Å². The molecule has 0 saturated carbocycles. The fraction of sp³-hybridized carbons (Fsp3) is 0.125. The van der Waals surface area contributed by atoms with E-state index in [-0.39, 0.29) is 11.5 Å². The maximum absolute atomic E-state index is 10.6. The second-order valence-electron chi connectivity index (χ2n) is 4.87. The maximum atomic E-state index is 10.6. The Morgan fingerprint density at radius 3 is 1.50 bits per heavy atom. The number of anilines is 2. The SMILES string of the molecule is Nc1ccc(-c2ccc(N)c(OCC(=O)O)c2)cc1OCC(=O)O. The van der Waals surface area contributed by atoms with Crippen molar-refractivity contribution in [1.29, 1.82) is 0 Å². The van der Waals surface area contributed by atoms with Crippen LogP contribution in [0.5, 0.6) is 11.5 Å². The van der Waals surface area contributed by atoms with Gasteiger partial charge in [0.05, 0.1) is 11.4 Å². The molecule has 0 bridgehead atoms. The normalized spacial score (nSPS) is 10.2. The number of aliphatic carboxylic acids is 2. The van der Waals surface area contributed by atoms with E-state index in [0.717, 1.165) is 0 Å². The number of nitrogens with two attached hydrogens (primary N) is 2. The standard InChI is InChI=1S/C16H16N2O6/c17-11-3-1-9(5-13(11)23-7-15(19)20)10-2-4-12(18)14(6-10)24-8-16(21)22/h1-6H,7-8,17-18H2,(H,19,20)(H,21,22). The zero-order valence-electron chi connectivity index (χ0n) is 12.6. The highest BCUT2D eigenvalue weighted by Gasteiger charge is 2.10. The molecule has 2 aromatic rings. The Labute approximate surface area is 137 Å². The third kappa shape index (κ3) is 4.29.